The molecule has 7 atom stereocenters. The summed E-state index contributed by atoms with van der Waals surface area (Å²) >= 11 is 0. The minimum absolute atomic E-state index is 0. The van der Waals surface area contributed by atoms with Crippen molar-refractivity contribution in [3.8, 4) is 0 Å². The monoisotopic (exact) mass is 486 g/mol. The van der Waals surface area contributed by atoms with Gasteiger partial charge in [-0.05, 0) is 70.3 Å². The fraction of sp³-hybridized carbons (Fsp3) is 0.759. The van der Waals surface area contributed by atoms with E-state index in [0.29, 0.717) is 19.3 Å². The van der Waals surface area contributed by atoms with Crippen LogP contribution < -0.4 is 0 Å². The summed E-state index contributed by atoms with van der Waals surface area (Å²) in [6.45, 7) is 8.33. The molecule has 1 unspecified atom stereocenters. The number of allylic oxidation sites excluding steroid dienone is 4. The molecule has 6 nitrogen and oxygen atoms in total. The van der Waals surface area contributed by atoms with Crippen LogP contribution in [-0.4, -0.2) is 42.6 Å². The Morgan fingerprint density at radius 2 is 1.89 bits per heavy atom. The van der Waals surface area contributed by atoms with Crippen LogP contribution in [0, 0.1) is 28.6 Å². The van der Waals surface area contributed by atoms with E-state index >= 15 is 0 Å². The van der Waals surface area contributed by atoms with Crippen LogP contribution in [0.15, 0.2) is 23.3 Å². The number of ether oxygens (including phenoxy) is 3. The number of carbonyl (C=O) groups is 3. The van der Waals surface area contributed by atoms with E-state index < -0.39 is 11.9 Å². The van der Waals surface area contributed by atoms with Gasteiger partial charge in [-0.3, -0.25) is 14.4 Å². The molecule has 0 bridgehead atoms. The van der Waals surface area contributed by atoms with Crippen LogP contribution in [0.25, 0.3) is 0 Å². The highest BCUT2D eigenvalue weighted by atomic mass is 16.7. The van der Waals surface area contributed by atoms with E-state index in [9.17, 15) is 14.4 Å². The molecule has 3 fully saturated rings. The number of esters is 1. The number of carbonyl (C=O) groups excluding carboxylic acids is 3. The molecule has 1 spiro atoms. The van der Waals surface area contributed by atoms with Gasteiger partial charge in [-0.1, -0.05) is 38.5 Å². The van der Waals surface area contributed by atoms with Crippen LogP contribution in [0.1, 0.15) is 86.5 Å². The molecule has 5 aliphatic rings. The fourth-order valence-electron chi connectivity index (χ4n) is 8.09. The summed E-state index contributed by atoms with van der Waals surface area (Å²) in [5.41, 5.74) is 1.56. The van der Waals surface area contributed by atoms with Gasteiger partial charge in [-0.25, -0.2) is 0 Å². The SMILES string of the molecule is C.COC(OC(C)C)C(=O)[C@@H]1CC2=CC(=O)CC[C@]2(C)C2=CC[C@@]3(C)[C@@H](CC[C@@]34CCC(=O)O4)[C@@H]21. The van der Waals surface area contributed by atoms with Crippen molar-refractivity contribution in [1.29, 1.82) is 0 Å². The molecule has 0 radical (unpaired) electrons. The van der Waals surface area contributed by atoms with Crippen LogP contribution in [-0.2, 0) is 28.6 Å². The molecule has 5 rings (SSSR count). The van der Waals surface area contributed by atoms with E-state index in [1.54, 1.807) is 6.08 Å². The molecule has 0 aromatic carbocycles. The summed E-state index contributed by atoms with van der Waals surface area (Å²) in [6, 6.07) is 0. The molecule has 6 heteroatoms. The van der Waals surface area contributed by atoms with Crippen molar-refractivity contribution in [3.05, 3.63) is 23.3 Å². The zero-order chi connectivity index (χ0) is 24.5. The lowest BCUT2D eigenvalue weighted by Crippen LogP contribution is -2.54. The predicted octanol–water partition coefficient (Wildman–Crippen LogP) is 5.34. The van der Waals surface area contributed by atoms with Crippen LogP contribution in [0.2, 0.25) is 0 Å². The lowest BCUT2D eigenvalue weighted by molar-refractivity contribution is -0.180. The number of hydrogen-bond acceptors (Lipinski definition) is 6. The molecular formula is C29H42O6. The lowest BCUT2D eigenvalue weighted by Gasteiger charge is -2.57. The molecular weight excluding hydrogens is 444 g/mol. The van der Waals surface area contributed by atoms with Gasteiger partial charge in [0, 0.05) is 36.7 Å². The van der Waals surface area contributed by atoms with Crippen LogP contribution in [0.5, 0.6) is 0 Å². The van der Waals surface area contributed by atoms with E-state index in [-0.39, 0.29) is 59.7 Å². The maximum Gasteiger partial charge on any atom is 0.306 e. The van der Waals surface area contributed by atoms with E-state index in [1.165, 1.54) is 12.7 Å². The molecule has 1 aliphatic heterocycles. The van der Waals surface area contributed by atoms with Gasteiger partial charge >= 0.3 is 5.97 Å². The van der Waals surface area contributed by atoms with Gasteiger partial charge in [0.15, 0.2) is 11.6 Å². The Labute approximate surface area is 209 Å². The highest BCUT2D eigenvalue weighted by Gasteiger charge is 2.67. The summed E-state index contributed by atoms with van der Waals surface area (Å²) in [6.07, 6.45) is 8.84. The van der Waals surface area contributed by atoms with Crippen molar-refractivity contribution in [3.63, 3.8) is 0 Å². The fourth-order valence-corrected chi connectivity index (χ4v) is 8.09. The van der Waals surface area contributed by atoms with E-state index in [0.717, 1.165) is 37.7 Å². The number of Topliss-reactive ketones (excluding diaryl/α,β-unsaturated/α-hetero) is 1. The quantitative estimate of drug-likeness (QED) is 0.296. The number of methoxy groups -OCH3 is 1. The van der Waals surface area contributed by atoms with Gasteiger partial charge in [0.2, 0.25) is 6.29 Å². The van der Waals surface area contributed by atoms with E-state index in [1.807, 2.05) is 13.8 Å². The molecule has 1 saturated heterocycles. The van der Waals surface area contributed by atoms with Crippen LogP contribution in [0.3, 0.4) is 0 Å². The third kappa shape index (κ3) is 3.78. The van der Waals surface area contributed by atoms with Gasteiger partial charge in [0.05, 0.1) is 6.10 Å². The molecule has 194 valence electrons. The first kappa shape index (κ1) is 26.3. The maximum atomic E-state index is 14.0. The Balaban J connectivity index is 0.00000289. The number of fused-ring (bicyclic) bond motifs is 6. The predicted molar refractivity (Wildman–Crippen MR) is 132 cm³/mol. The van der Waals surface area contributed by atoms with Crippen molar-refractivity contribution in [1.82, 2.24) is 0 Å². The van der Waals surface area contributed by atoms with Crippen molar-refractivity contribution in [2.24, 2.45) is 28.6 Å². The Hall–Kier alpha value is -1.79. The summed E-state index contributed by atoms with van der Waals surface area (Å²) in [5, 5.41) is 0. The number of hydrogen-bond donors (Lipinski definition) is 0. The highest BCUT2D eigenvalue weighted by molar-refractivity contribution is 5.93. The Bertz CT molecular complexity index is 978. The van der Waals surface area contributed by atoms with Gasteiger partial charge in [-0.15, -0.1) is 0 Å². The first-order valence-electron chi connectivity index (χ1n) is 12.9. The summed E-state index contributed by atoms with van der Waals surface area (Å²) in [7, 11) is 1.52. The summed E-state index contributed by atoms with van der Waals surface area (Å²) in [4.78, 5) is 38.6. The average Bonchev–Trinajstić information content (AvgIpc) is 3.31. The van der Waals surface area contributed by atoms with Gasteiger partial charge in [0.1, 0.15) is 5.60 Å². The Morgan fingerprint density at radius 1 is 1.14 bits per heavy atom. The second-order valence-electron chi connectivity index (χ2n) is 11.9. The minimum Gasteiger partial charge on any atom is -0.458 e. The normalized spacial score (nSPS) is 40.8. The molecule has 0 N–H and O–H groups in total. The molecule has 0 amide bonds. The Kier molecular flexibility index (Phi) is 6.72. The minimum atomic E-state index is -0.927. The van der Waals surface area contributed by atoms with Gasteiger partial charge in [-0.2, -0.15) is 0 Å². The average molecular weight is 487 g/mol. The van der Waals surface area contributed by atoms with Gasteiger partial charge < -0.3 is 14.2 Å². The standard InChI is InChI=1S/C28H38O6.CH4/c1-16(2)33-25(32-5)24(31)19-15-17-14-18(29)6-10-26(17,3)20-7-11-27(4)21(23(19)20)8-12-28(27)13-9-22(30)34-28;/h7,14,16,19,21,23,25H,6,8-13,15H2,1-5H3;1H4/t19-,21+,23-,25?,26+,27+,28-;/m1./s1. The largest absolute Gasteiger partial charge is 0.458 e. The first-order chi connectivity index (χ1) is 16.0. The van der Waals surface area contributed by atoms with Crippen LogP contribution in [0.4, 0.5) is 0 Å². The summed E-state index contributed by atoms with van der Waals surface area (Å²) < 4.78 is 17.5. The maximum absolute atomic E-state index is 14.0. The second-order valence-corrected chi connectivity index (χ2v) is 11.9. The first-order valence-corrected chi connectivity index (χ1v) is 12.9. The highest BCUT2D eigenvalue weighted by Crippen LogP contribution is 2.69. The second kappa shape index (κ2) is 8.95. The molecule has 1 heterocycles. The molecule has 35 heavy (non-hydrogen) atoms. The molecule has 0 aromatic heterocycles. The van der Waals surface area contributed by atoms with Crippen molar-refractivity contribution in [2.45, 2.75) is 104 Å². The molecule has 0 aromatic rings. The lowest BCUT2D eigenvalue weighted by atomic mass is 9.47. The Morgan fingerprint density at radius 3 is 2.51 bits per heavy atom. The van der Waals surface area contributed by atoms with Crippen LogP contribution >= 0.6 is 0 Å². The number of rotatable bonds is 5. The third-order valence-electron chi connectivity index (χ3n) is 9.93. The van der Waals surface area contributed by atoms with Gasteiger partial charge in [0.25, 0.3) is 0 Å². The van der Waals surface area contributed by atoms with Crippen molar-refractivity contribution < 1.29 is 28.6 Å². The zero-order valence-corrected chi connectivity index (χ0v) is 21.1. The zero-order valence-electron chi connectivity index (χ0n) is 21.1. The van der Waals surface area contributed by atoms with E-state index in [2.05, 4.69) is 19.9 Å². The smallest absolute Gasteiger partial charge is 0.306 e. The topological polar surface area (TPSA) is 78.9 Å². The van der Waals surface area contributed by atoms with Crippen molar-refractivity contribution >= 4 is 17.5 Å². The van der Waals surface area contributed by atoms with E-state index in [4.69, 9.17) is 14.2 Å². The molecule has 4 aliphatic carbocycles. The molecule has 2 saturated carbocycles. The summed E-state index contributed by atoms with van der Waals surface area (Å²) in [5.74, 6) is -0.0363. The number of ketones is 2. The third-order valence-corrected chi connectivity index (χ3v) is 9.93. The van der Waals surface area contributed by atoms with Crippen molar-refractivity contribution in [2.75, 3.05) is 7.11 Å².